The largest absolute Gasteiger partial charge is 0.493 e. The Morgan fingerprint density at radius 3 is 2.47 bits per heavy atom. The molecule has 8 nitrogen and oxygen atoms in total. The van der Waals surface area contributed by atoms with Crippen LogP contribution in [0.5, 0.6) is 11.5 Å². The Morgan fingerprint density at radius 2 is 1.75 bits per heavy atom. The Hall–Kier alpha value is -4.07. The number of para-hydroxylation sites is 1. The predicted molar refractivity (Wildman–Crippen MR) is 119 cm³/mol. The van der Waals surface area contributed by atoms with E-state index in [2.05, 4.69) is 0 Å². The number of nitrogens with zero attached hydrogens (tertiary/aromatic N) is 1. The average molecular weight is 435 g/mol. The first-order chi connectivity index (χ1) is 15.4. The zero-order valence-electron chi connectivity index (χ0n) is 17.8. The van der Waals surface area contributed by atoms with Gasteiger partial charge in [-0.05, 0) is 38.1 Å². The zero-order valence-corrected chi connectivity index (χ0v) is 17.8. The van der Waals surface area contributed by atoms with Gasteiger partial charge in [0.05, 0.1) is 12.7 Å². The number of amides is 1. The van der Waals surface area contributed by atoms with E-state index in [1.165, 1.54) is 24.1 Å². The van der Waals surface area contributed by atoms with Crippen LogP contribution in [0.3, 0.4) is 0 Å². The van der Waals surface area contributed by atoms with Crippen molar-refractivity contribution in [2.45, 2.75) is 13.8 Å². The van der Waals surface area contributed by atoms with E-state index in [0.717, 1.165) is 0 Å². The number of fused-ring (bicyclic) bond motifs is 2. The third kappa shape index (κ3) is 3.82. The summed E-state index contributed by atoms with van der Waals surface area (Å²) < 4.78 is 21.4. The number of benzene rings is 2. The summed E-state index contributed by atoms with van der Waals surface area (Å²) in [6, 6.07) is 12.8. The quantitative estimate of drug-likeness (QED) is 0.428. The van der Waals surface area contributed by atoms with Crippen molar-refractivity contribution in [1.82, 2.24) is 4.90 Å². The Labute approximate surface area is 182 Å². The van der Waals surface area contributed by atoms with Crippen molar-refractivity contribution in [3.8, 4) is 22.6 Å². The van der Waals surface area contributed by atoms with Crippen LogP contribution in [-0.4, -0.2) is 31.2 Å². The second-order valence-electron chi connectivity index (χ2n) is 7.00. The third-order valence-corrected chi connectivity index (χ3v) is 5.18. The summed E-state index contributed by atoms with van der Waals surface area (Å²) in [6.07, 6.45) is -0.503. The van der Waals surface area contributed by atoms with E-state index in [9.17, 15) is 14.4 Å². The van der Waals surface area contributed by atoms with Crippen LogP contribution in [-0.2, 0) is 0 Å². The monoisotopic (exact) mass is 435 g/mol. The summed E-state index contributed by atoms with van der Waals surface area (Å²) in [7, 11) is 1.49. The van der Waals surface area contributed by atoms with Crippen molar-refractivity contribution in [3.63, 3.8) is 0 Å². The molecular formula is C24H21NO7. The number of rotatable bonds is 5. The molecule has 0 saturated heterocycles. The fraction of sp³-hybridized carbons (Fsp3) is 0.208. The summed E-state index contributed by atoms with van der Waals surface area (Å²) in [4.78, 5) is 38.8. The van der Waals surface area contributed by atoms with E-state index >= 15 is 0 Å². The second kappa shape index (κ2) is 8.58. The van der Waals surface area contributed by atoms with E-state index < -0.39 is 17.3 Å². The van der Waals surface area contributed by atoms with E-state index in [0.29, 0.717) is 40.8 Å². The number of carbonyl (C=O) groups is 1. The maximum atomic E-state index is 12.8. The predicted octanol–water partition coefficient (Wildman–Crippen LogP) is 4.42. The first kappa shape index (κ1) is 21.2. The summed E-state index contributed by atoms with van der Waals surface area (Å²) >= 11 is 0. The van der Waals surface area contributed by atoms with Crippen molar-refractivity contribution < 1.29 is 23.1 Å². The van der Waals surface area contributed by atoms with Crippen molar-refractivity contribution in [3.05, 3.63) is 69.4 Å². The fourth-order valence-electron chi connectivity index (χ4n) is 3.54. The van der Waals surface area contributed by atoms with Crippen LogP contribution < -0.4 is 20.7 Å². The van der Waals surface area contributed by atoms with Gasteiger partial charge in [0.2, 0.25) is 0 Å². The number of hydrogen-bond donors (Lipinski definition) is 0. The standard InChI is InChI=1S/C24H21NO7/c1-4-25(5-2)24(28)30-15-9-10-16-17(13-21(26)31-20(16)12-15)18-11-14-7-6-8-19(29-3)22(14)32-23(18)27/h6-13H,4-5H2,1-3H3. The van der Waals surface area contributed by atoms with E-state index in [1.807, 2.05) is 13.8 Å². The molecule has 164 valence electrons. The molecular weight excluding hydrogens is 414 g/mol. The topological polar surface area (TPSA) is 99.2 Å². The Morgan fingerprint density at radius 1 is 0.969 bits per heavy atom. The molecule has 0 aliphatic carbocycles. The minimum absolute atomic E-state index is 0.183. The third-order valence-electron chi connectivity index (χ3n) is 5.18. The maximum Gasteiger partial charge on any atom is 0.415 e. The van der Waals surface area contributed by atoms with Gasteiger partial charge in [0.25, 0.3) is 0 Å². The van der Waals surface area contributed by atoms with Gasteiger partial charge in [-0.25, -0.2) is 14.4 Å². The van der Waals surface area contributed by atoms with Crippen LogP contribution in [0.1, 0.15) is 13.8 Å². The molecule has 32 heavy (non-hydrogen) atoms. The lowest BCUT2D eigenvalue weighted by Gasteiger charge is -2.17. The molecule has 0 N–H and O–H groups in total. The van der Waals surface area contributed by atoms with Crippen molar-refractivity contribution in [2.75, 3.05) is 20.2 Å². The fourth-order valence-corrected chi connectivity index (χ4v) is 3.54. The van der Waals surface area contributed by atoms with E-state index in [4.69, 9.17) is 18.3 Å². The Balaban J connectivity index is 1.84. The van der Waals surface area contributed by atoms with Gasteiger partial charge in [-0.1, -0.05) is 12.1 Å². The molecule has 0 bridgehead atoms. The summed E-state index contributed by atoms with van der Waals surface area (Å²) in [6.45, 7) is 4.71. The highest BCUT2D eigenvalue weighted by atomic mass is 16.6. The molecule has 0 aliphatic rings. The molecule has 0 aliphatic heterocycles. The van der Waals surface area contributed by atoms with Crippen LogP contribution in [0.15, 0.2) is 67.0 Å². The van der Waals surface area contributed by atoms with Gasteiger partial charge in [0, 0.05) is 41.6 Å². The van der Waals surface area contributed by atoms with Crippen LogP contribution in [0.2, 0.25) is 0 Å². The molecule has 8 heteroatoms. The van der Waals surface area contributed by atoms with Crippen LogP contribution in [0, 0.1) is 0 Å². The molecule has 4 aromatic rings. The molecule has 2 aromatic heterocycles. The molecule has 2 heterocycles. The van der Waals surface area contributed by atoms with Crippen LogP contribution in [0.25, 0.3) is 33.1 Å². The first-order valence-corrected chi connectivity index (χ1v) is 10.1. The minimum atomic E-state index is -0.648. The molecule has 2 aromatic carbocycles. The minimum Gasteiger partial charge on any atom is -0.493 e. The lowest BCUT2D eigenvalue weighted by molar-refractivity contribution is 0.157. The summed E-state index contributed by atoms with van der Waals surface area (Å²) in [5.74, 6) is 0.660. The second-order valence-corrected chi connectivity index (χ2v) is 7.00. The lowest BCUT2D eigenvalue weighted by Crippen LogP contribution is -2.33. The average Bonchev–Trinajstić information content (AvgIpc) is 2.78. The molecule has 0 fully saturated rings. The summed E-state index contributed by atoms with van der Waals surface area (Å²) in [5.41, 5.74) is -0.201. The zero-order chi connectivity index (χ0) is 22.8. The highest BCUT2D eigenvalue weighted by molar-refractivity contribution is 5.96. The van der Waals surface area contributed by atoms with E-state index in [-0.39, 0.29) is 16.9 Å². The van der Waals surface area contributed by atoms with Crippen molar-refractivity contribution in [1.29, 1.82) is 0 Å². The highest BCUT2D eigenvalue weighted by Gasteiger charge is 2.17. The van der Waals surface area contributed by atoms with E-state index in [1.54, 1.807) is 36.4 Å². The lowest BCUT2D eigenvalue weighted by atomic mass is 10.0. The van der Waals surface area contributed by atoms with Gasteiger partial charge in [-0.2, -0.15) is 0 Å². The van der Waals surface area contributed by atoms with Gasteiger partial charge < -0.3 is 23.2 Å². The molecule has 0 radical (unpaired) electrons. The van der Waals surface area contributed by atoms with Gasteiger partial charge in [-0.15, -0.1) is 0 Å². The van der Waals surface area contributed by atoms with Crippen LogP contribution >= 0.6 is 0 Å². The van der Waals surface area contributed by atoms with Crippen LogP contribution in [0.4, 0.5) is 4.79 Å². The molecule has 4 rings (SSSR count). The molecule has 0 spiro atoms. The number of carbonyl (C=O) groups excluding carboxylic acids is 1. The van der Waals surface area contributed by atoms with Gasteiger partial charge in [0.15, 0.2) is 11.3 Å². The van der Waals surface area contributed by atoms with Gasteiger partial charge in [0.1, 0.15) is 11.3 Å². The molecule has 0 saturated carbocycles. The van der Waals surface area contributed by atoms with Gasteiger partial charge in [-0.3, -0.25) is 0 Å². The summed E-state index contributed by atoms with van der Waals surface area (Å²) in [5, 5.41) is 1.15. The number of methoxy groups -OCH3 is 1. The molecule has 0 atom stereocenters. The van der Waals surface area contributed by atoms with Crippen molar-refractivity contribution >= 4 is 28.0 Å². The highest BCUT2D eigenvalue weighted by Crippen LogP contribution is 2.31. The van der Waals surface area contributed by atoms with Crippen molar-refractivity contribution in [2.24, 2.45) is 0 Å². The number of hydrogen-bond acceptors (Lipinski definition) is 7. The first-order valence-electron chi connectivity index (χ1n) is 10.1. The molecule has 1 amide bonds. The maximum absolute atomic E-state index is 12.8. The normalized spacial score (nSPS) is 11.0. The SMILES string of the molecule is CCN(CC)C(=O)Oc1ccc2c(-c3cc4cccc(OC)c4oc3=O)cc(=O)oc2c1. The smallest absolute Gasteiger partial charge is 0.415 e. The number of ether oxygens (including phenoxy) is 2. The Kier molecular flexibility index (Phi) is 5.68. The Bertz CT molecular complexity index is 1430. The van der Waals surface area contributed by atoms with Gasteiger partial charge >= 0.3 is 17.3 Å². The molecule has 0 unspecified atom stereocenters.